The van der Waals surface area contributed by atoms with Crippen molar-refractivity contribution in [3.8, 4) is 5.75 Å². The van der Waals surface area contributed by atoms with E-state index in [1.165, 1.54) is 10.2 Å². The van der Waals surface area contributed by atoms with E-state index in [1.54, 1.807) is 18.0 Å². The van der Waals surface area contributed by atoms with E-state index in [9.17, 15) is 4.79 Å². The summed E-state index contributed by atoms with van der Waals surface area (Å²) in [5.41, 5.74) is 1.94. The molecule has 1 atom stereocenters. The largest absolute Gasteiger partial charge is 0.493 e. The Bertz CT molecular complexity index is 1370. The molecular formula is C25H24N4O3S. The maximum absolute atomic E-state index is 13.1. The first-order chi connectivity index (χ1) is 16.2. The highest BCUT2D eigenvalue weighted by atomic mass is 32.2. The van der Waals surface area contributed by atoms with Crippen molar-refractivity contribution >= 4 is 22.5 Å². The number of hydrogen-bond acceptors (Lipinski definition) is 6. The molecule has 168 valence electrons. The van der Waals surface area contributed by atoms with Crippen LogP contribution in [0.25, 0.3) is 10.8 Å². The molecule has 33 heavy (non-hydrogen) atoms. The highest BCUT2D eigenvalue weighted by Crippen LogP contribution is 2.34. The molecule has 2 aromatic carbocycles. The van der Waals surface area contributed by atoms with Crippen LogP contribution in [0.5, 0.6) is 5.75 Å². The second kappa shape index (κ2) is 8.68. The molecule has 1 fully saturated rings. The van der Waals surface area contributed by atoms with Crippen molar-refractivity contribution in [3.63, 3.8) is 0 Å². The van der Waals surface area contributed by atoms with Crippen molar-refractivity contribution in [2.45, 2.75) is 48.2 Å². The zero-order chi connectivity index (χ0) is 22.2. The predicted octanol–water partition coefficient (Wildman–Crippen LogP) is 4.43. The van der Waals surface area contributed by atoms with E-state index in [0.717, 1.165) is 65.5 Å². The van der Waals surface area contributed by atoms with Gasteiger partial charge in [-0.05, 0) is 67.3 Å². The fourth-order valence-electron chi connectivity index (χ4n) is 4.41. The second-order valence-corrected chi connectivity index (χ2v) is 9.58. The lowest BCUT2D eigenvalue weighted by atomic mass is 10.2. The van der Waals surface area contributed by atoms with Crippen molar-refractivity contribution < 1.29 is 9.47 Å². The minimum absolute atomic E-state index is 0.0112. The van der Waals surface area contributed by atoms with Gasteiger partial charge in [0.05, 0.1) is 30.4 Å². The van der Waals surface area contributed by atoms with E-state index in [2.05, 4.69) is 22.3 Å². The van der Waals surface area contributed by atoms with Crippen LogP contribution in [-0.2, 0) is 17.7 Å². The Kier molecular flexibility index (Phi) is 5.39. The Labute approximate surface area is 195 Å². The molecule has 2 aliphatic heterocycles. The topological polar surface area (TPSA) is 71.2 Å². The van der Waals surface area contributed by atoms with Gasteiger partial charge in [-0.3, -0.25) is 4.79 Å². The van der Waals surface area contributed by atoms with Gasteiger partial charge in [-0.2, -0.15) is 10.2 Å². The van der Waals surface area contributed by atoms with Crippen LogP contribution in [0.1, 0.15) is 36.7 Å². The minimum Gasteiger partial charge on any atom is -0.493 e. The summed E-state index contributed by atoms with van der Waals surface area (Å²) in [7, 11) is 0. The molecule has 2 aromatic heterocycles. The number of nitrogens with zero attached hydrogens (tertiary/aromatic N) is 4. The van der Waals surface area contributed by atoms with Gasteiger partial charge in [-0.15, -0.1) is 0 Å². The smallest absolute Gasteiger partial charge is 0.274 e. The lowest BCUT2D eigenvalue weighted by Gasteiger charge is -2.22. The van der Waals surface area contributed by atoms with Crippen molar-refractivity contribution in [2.75, 3.05) is 13.2 Å². The van der Waals surface area contributed by atoms with Crippen molar-refractivity contribution in [1.29, 1.82) is 0 Å². The van der Waals surface area contributed by atoms with Crippen LogP contribution in [0.15, 0.2) is 69.4 Å². The summed E-state index contributed by atoms with van der Waals surface area (Å²) in [6.07, 6.45) is 7.84. The van der Waals surface area contributed by atoms with Crippen LogP contribution >= 0.6 is 11.8 Å². The number of fused-ring (bicyclic) bond motifs is 2. The molecule has 0 N–H and O–H groups in total. The molecule has 0 aliphatic carbocycles. The summed E-state index contributed by atoms with van der Waals surface area (Å²) >= 11 is 1.68. The van der Waals surface area contributed by atoms with E-state index in [1.807, 2.05) is 41.2 Å². The average Bonchev–Trinajstić information content (AvgIpc) is 3.51. The molecule has 1 unspecified atom stereocenters. The summed E-state index contributed by atoms with van der Waals surface area (Å²) in [5, 5.41) is 10.5. The van der Waals surface area contributed by atoms with Gasteiger partial charge < -0.3 is 9.47 Å². The molecule has 6 rings (SSSR count). The maximum Gasteiger partial charge on any atom is 0.274 e. The lowest BCUT2D eigenvalue weighted by Crippen LogP contribution is -2.24. The van der Waals surface area contributed by atoms with Crippen molar-refractivity contribution in [2.24, 2.45) is 0 Å². The van der Waals surface area contributed by atoms with E-state index in [4.69, 9.17) is 9.47 Å². The Morgan fingerprint density at radius 1 is 1.06 bits per heavy atom. The molecule has 8 heteroatoms. The summed E-state index contributed by atoms with van der Waals surface area (Å²) in [6, 6.07) is 14.1. The molecule has 0 amide bonds. The summed E-state index contributed by atoms with van der Waals surface area (Å²) in [4.78, 5) is 15.3. The number of rotatable bonds is 5. The van der Waals surface area contributed by atoms with Crippen LogP contribution in [0.2, 0.25) is 0 Å². The SMILES string of the molecule is O=c1c2ccc(Sc3ccc4c(c3)CCO4)cc2cnn1Cc1ccn(C2CCCCO2)n1. The molecular weight excluding hydrogens is 436 g/mol. The molecule has 2 aliphatic rings. The standard InChI is InChI=1S/C25H24N4O3S/c30-25-22-6-4-20(33-21-5-7-23-17(13-21)9-12-31-23)14-18(22)15-26-29(25)16-19-8-10-28(27-19)24-3-1-2-11-32-24/h4-8,10,13-15,24H,1-3,9,11-12,16H2. The van der Waals surface area contributed by atoms with E-state index in [0.29, 0.717) is 11.9 Å². The fraction of sp³-hybridized carbons (Fsp3) is 0.320. The first-order valence-corrected chi connectivity index (χ1v) is 12.1. The number of benzene rings is 2. The molecule has 4 aromatic rings. The van der Waals surface area contributed by atoms with Gasteiger partial charge in [0.25, 0.3) is 5.56 Å². The quantitative estimate of drug-likeness (QED) is 0.439. The van der Waals surface area contributed by atoms with Crippen LogP contribution in [0.4, 0.5) is 0 Å². The third-order valence-corrected chi connectivity index (χ3v) is 7.13. The average molecular weight is 461 g/mol. The van der Waals surface area contributed by atoms with Crippen LogP contribution in [0, 0.1) is 0 Å². The highest BCUT2D eigenvalue weighted by Gasteiger charge is 2.17. The minimum atomic E-state index is -0.109. The Morgan fingerprint density at radius 2 is 1.97 bits per heavy atom. The maximum atomic E-state index is 13.1. The van der Waals surface area contributed by atoms with Crippen molar-refractivity contribution in [3.05, 3.63) is 76.5 Å². The van der Waals surface area contributed by atoms with Crippen LogP contribution in [0.3, 0.4) is 0 Å². The van der Waals surface area contributed by atoms with Gasteiger partial charge in [-0.25, -0.2) is 9.36 Å². The van der Waals surface area contributed by atoms with Gasteiger partial charge in [-0.1, -0.05) is 11.8 Å². The molecule has 0 spiro atoms. The monoisotopic (exact) mass is 460 g/mol. The molecule has 0 saturated carbocycles. The van der Waals surface area contributed by atoms with Gasteiger partial charge >= 0.3 is 0 Å². The van der Waals surface area contributed by atoms with Gasteiger partial charge in [0.15, 0.2) is 0 Å². The first-order valence-electron chi connectivity index (χ1n) is 11.3. The molecule has 0 bridgehead atoms. The molecule has 1 saturated heterocycles. The second-order valence-electron chi connectivity index (χ2n) is 8.43. The molecule has 4 heterocycles. The molecule has 7 nitrogen and oxygen atoms in total. The Balaban J connectivity index is 1.21. The van der Waals surface area contributed by atoms with Crippen molar-refractivity contribution in [1.82, 2.24) is 19.6 Å². The summed E-state index contributed by atoms with van der Waals surface area (Å²) in [5.74, 6) is 0.985. The summed E-state index contributed by atoms with van der Waals surface area (Å²) in [6.45, 7) is 1.86. The number of aromatic nitrogens is 4. The summed E-state index contributed by atoms with van der Waals surface area (Å²) < 4.78 is 14.7. The number of ether oxygens (including phenoxy) is 2. The third-order valence-electron chi connectivity index (χ3n) is 6.15. The normalized spacial score (nSPS) is 17.8. The fourth-order valence-corrected chi connectivity index (χ4v) is 5.34. The van der Waals surface area contributed by atoms with Crippen LogP contribution < -0.4 is 10.3 Å². The Hall–Kier alpha value is -3.10. The first kappa shape index (κ1) is 20.5. The third kappa shape index (κ3) is 4.16. The highest BCUT2D eigenvalue weighted by molar-refractivity contribution is 7.99. The van der Waals surface area contributed by atoms with Crippen LogP contribution in [-0.4, -0.2) is 32.8 Å². The lowest BCUT2D eigenvalue weighted by molar-refractivity contribution is -0.0397. The predicted molar refractivity (Wildman–Crippen MR) is 126 cm³/mol. The number of hydrogen-bond donors (Lipinski definition) is 0. The van der Waals surface area contributed by atoms with E-state index < -0.39 is 0 Å². The van der Waals surface area contributed by atoms with Gasteiger partial charge in [0.2, 0.25) is 0 Å². The zero-order valence-corrected chi connectivity index (χ0v) is 19.0. The van der Waals surface area contributed by atoms with Gasteiger partial charge in [0, 0.05) is 34.4 Å². The zero-order valence-electron chi connectivity index (χ0n) is 18.1. The van der Waals surface area contributed by atoms with E-state index >= 15 is 0 Å². The molecule has 0 radical (unpaired) electrons. The Morgan fingerprint density at radius 3 is 2.88 bits per heavy atom. The van der Waals surface area contributed by atoms with Gasteiger partial charge in [0.1, 0.15) is 12.0 Å². The van der Waals surface area contributed by atoms with E-state index in [-0.39, 0.29) is 11.8 Å².